The van der Waals surface area contributed by atoms with Crippen LogP contribution in [0.5, 0.6) is 0 Å². The van der Waals surface area contributed by atoms with E-state index in [1.54, 1.807) is 0 Å². The Bertz CT molecular complexity index is 3100. The molecule has 0 fully saturated rings. The van der Waals surface area contributed by atoms with E-state index in [9.17, 15) is 5.41 Å². The predicted octanol–water partition coefficient (Wildman–Crippen LogP) is 13.7. The summed E-state index contributed by atoms with van der Waals surface area (Å²) in [4.78, 5) is 10.2. The zero-order valence-corrected chi connectivity index (χ0v) is 31.9. The summed E-state index contributed by atoms with van der Waals surface area (Å²) in [6.07, 6.45) is 1.96. The molecule has 0 aliphatic heterocycles. The molecule has 0 heterocycles. The second-order valence-electron chi connectivity index (χ2n) is 15.4. The molecule has 10 rings (SSSR count). The van der Waals surface area contributed by atoms with E-state index in [-0.39, 0.29) is 11.3 Å². The molecule has 0 aromatic heterocycles. The van der Waals surface area contributed by atoms with Gasteiger partial charge in [0.25, 0.3) is 0 Å². The van der Waals surface area contributed by atoms with Crippen molar-refractivity contribution < 1.29 is 0 Å². The number of benzene rings is 9. The Hall–Kier alpha value is -7.23. The topological polar surface area (TPSA) is 48.6 Å². The molecule has 57 heavy (non-hydrogen) atoms. The van der Waals surface area contributed by atoms with E-state index in [1.807, 2.05) is 36.5 Å². The van der Waals surface area contributed by atoms with Gasteiger partial charge >= 0.3 is 0 Å². The van der Waals surface area contributed by atoms with E-state index in [2.05, 4.69) is 172 Å². The van der Waals surface area contributed by atoms with Gasteiger partial charge in [-0.15, -0.1) is 0 Å². The van der Waals surface area contributed by atoms with Crippen molar-refractivity contribution in [3.63, 3.8) is 0 Å². The summed E-state index contributed by atoms with van der Waals surface area (Å²) in [5, 5.41) is 16.3. The first kappa shape index (κ1) is 34.3. The van der Waals surface area contributed by atoms with Crippen LogP contribution in [0.3, 0.4) is 0 Å². The smallest absolute Gasteiger partial charge is 0.161 e. The van der Waals surface area contributed by atoms with Crippen LogP contribution in [0.1, 0.15) is 41.7 Å². The molecular formula is C54H39N3. The van der Waals surface area contributed by atoms with Crippen molar-refractivity contribution in [3.05, 3.63) is 216 Å². The SMILES string of the molecule is CC1(C)c2ccccc2-c2cccc(-c3cccc(C(N=Cc4c5ccccc5cc5c4ccc4ccccc45)=NC(=N)c4ccc(-c5ccccc5)cc4)c3)c21. The third kappa shape index (κ3) is 5.96. The zero-order chi connectivity index (χ0) is 38.5. The van der Waals surface area contributed by atoms with Gasteiger partial charge in [0.15, 0.2) is 11.7 Å². The van der Waals surface area contributed by atoms with Crippen LogP contribution in [0.25, 0.3) is 65.7 Å². The third-order valence-electron chi connectivity index (χ3n) is 11.6. The second-order valence-corrected chi connectivity index (χ2v) is 15.4. The minimum absolute atomic E-state index is 0.151. The molecule has 3 nitrogen and oxygen atoms in total. The van der Waals surface area contributed by atoms with Crippen LogP contribution in [-0.2, 0) is 5.41 Å². The highest BCUT2D eigenvalue weighted by atomic mass is 14.9. The summed E-state index contributed by atoms with van der Waals surface area (Å²) in [5.74, 6) is 0.629. The fourth-order valence-electron chi connectivity index (χ4n) is 8.82. The molecule has 0 amide bonds. The molecule has 9 aromatic rings. The van der Waals surface area contributed by atoms with E-state index < -0.39 is 0 Å². The van der Waals surface area contributed by atoms with Gasteiger partial charge in [-0.3, -0.25) is 5.41 Å². The van der Waals surface area contributed by atoms with Crippen LogP contribution < -0.4 is 0 Å². The first-order chi connectivity index (χ1) is 27.9. The van der Waals surface area contributed by atoms with E-state index >= 15 is 0 Å². The minimum atomic E-state index is -0.165. The molecular weight excluding hydrogens is 691 g/mol. The number of hydrogen-bond donors (Lipinski definition) is 1. The van der Waals surface area contributed by atoms with Crippen LogP contribution >= 0.6 is 0 Å². The van der Waals surface area contributed by atoms with Gasteiger partial charge in [-0.1, -0.05) is 190 Å². The summed E-state index contributed by atoms with van der Waals surface area (Å²) >= 11 is 0. The van der Waals surface area contributed by atoms with Crippen molar-refractivity contribution in [3.8, 4) is 33.4 Å². The highest BCUT2D eigenvalue weighted by Gasteiger charge is 2.37. The van der Waals surface area contributed by atoms with Crippen molar-refractivity contribution in [2.24, 2.45) is 9.98 Å². The van der Waals surface area contributed by atoms with E-state index in [0.29, 0.717) is 5.84 Å². The fourth-order valence-corrected chi connectivity index (χ4v) is 8.82. The van der Waals surface area contributed by atoms with Gasteiger partial charge in [0.2, 0.25) is 0 Å². The van der Waals surface area contributed by atoms with Crippen LogP contribution in [0.2, 0.25) is 0 Å². The highest BCUT2D eigenvalue weighted by molar-refractivity contribution is 6.22. The van der Waals surface area contributed by atoms with Crippen molar-refractivity contribution in [1.82, 2.24) is 0 Å². The Balaban J connectivity index is 1.13. The standard InChI is InChI=1S/C54H39N3/c1-54(2)50-25-11-10-22-46(50)47-24-13-23-44(51(47)54)39-18-12-19-41(32-39)53(57-52(55)38-28-26-36(27-29-38)35-14-4-3-5-15-35)56-34-49-43-21-9-7-17-40(43)33-48-42-20-8-6-16-37(42)30-31-45(48)49/h3-34,55H,1-2H3. The second kappa shape index (κ2) is 13.8. The number of fused-ring (bicyclic) bond motifs is 7. The van der Waals surface area contributed by atoms with E-state index in [4.69, 9.17) is 9.98 Å². The lowest BCUT2D eigenvalue weighted by Crippen LogP contribution is -2.16. The molecule has 1 aliphatic carbocycles. The van der Waals surface area contributed by atoms with Gasteiger partial charge in [0.1, 0.15) is 0 Å². The van der Waals surface area contributed by atoms with Crippen molar-refractivity contribution in [2.45, 2.75) is 19.3 Å². The van der Waals surface area contributed by atoms with Crippen LogP contribution in [-0.4, -0.2) is 17.9 Å². The number of hydrogen-bond acceptors (Lipinski definition) is 1. The summed E-state index contributed by atoms with van der Waals surface area (Å²) in [7, 11) is 0. The Morgan fingerprint density at radius 3 is 1.96 bits per heavy atom. The Kier molecular flexibility index (Phi) is 8.30. The van der Waals surface area contributed by atoms with Crippen LogP contribution in [0.15, 0.2) is 198 Å². The molecule has 0 bridgehead atoms. The van der Waals surface area contributed by atoms with Crippen molar-refractivity contribution in [2.75, 3.05) is 0 Å². The molecule has 0 spiro atoms. The molecule has 0 atom stereocenters. The van der Waals surface area contributed by atoms with E-state index in [0.717, 1.165) is 49.5 Å². The lowest BCUT2D eigenvalue weighted by atomic mass is 9.79. The molecule has 1 N–H and O–H groups in total. The molecule has 9 aromatic carbocycles. The van der Waals surface area contributed by atoms with Gasteiger partial charge in [-0.2, -0.15) is 0 Å². The highest BCUT2D eigenvalue weighted by Crippen LogP contribution is 2.52. The number of nitrogens with zero attached hydrogens (tertiary/aromatic N) is 2. The first-order valence-corrected chi connectivity index (χ1v) is 19.5. The number of aliphatic imine (C=N–C) groups is 2. The monoisotopic (exact) mass is 729 g/mol. The summed E-state index contributed by atoms with van der Waals surface area (Å²) < 4.78 is 0. The van der Waals surface area contributed by atoms with Gasteiger partial charge < -0.3 is 0 Å². The molecule has 0 saturated heterocycles. The molecule has 1 aliphatic rings. The quantitative estimate of drug-likeness (QED) is 0.0794. The Morgan fingerprint density at radius 1 is 0.474 bits per heavy atom. The Morgan fingerprint density at radius 2 is 1.12 bits per heavy atom. The maximum absolute atomic E-state index is 9.30. The third-order valence-corrected chi connectivity index (χ3v) is 11.6. The minimum Gasteiger partial charge on any atom is -0.282 e. The summed E-state index contributed by atoms with van der Waals surface area (Å²) in [6, 6.07) is 66.0. The fraction of sp³-hybridized carbons (Fsp3) is 0.0556. The molecule has 3 heteroatoms. The molecule has 270 valence electrons. The predicted molar refractivity (Wildman–Crippen MR) is 241 cm³/mol. The molecule has 0 radical (unpaired) electrons. The maximum Gasteiger partial charge on any atom is 0.161 e. The molecule has 0 unspecified atom stereocenters. The maximum atomic E-state index is 9.30. The lowest BCUT2D eigenvalue weighted by Gasteiger charge is -2.24. The first-order valence-electron chi connectivity index (χ1n) is 19.5. The number of nitrogens with one attached hydrogen (secondary N) is 1. The molecule has 0 saturated carbocycles. The van der Waals surface area contributed by atoms with E-state index in [1.165, 1.54) is 44.0 Å². The van der Waals surface area contributed by atoms with Gasteiger partial charge in [0.05, 0.1) is 0 Å². The average Bonchev–Trinajstić information content (AvgIpc) is 3.51. The average molecular weight is 730 g/mol. The normalized spacial score (nSPS) is 13.3. The van der Waals surface area contributed by atoms with Gasteiger partial charge in [-0.05, 0) is 89.0 Å². The van der Waals surface area contributed by atoms with Crippen LogP contribution in [0, 0.1) is 5.41 Å². The van der Waals surface area contributed by atoms with Gasteiger partial charge in [-0.25, -0.2) is 9.98 Å². The van der Waals surface area contributed by atoms with Crippen molar-refractivity contribution in [1.29, 1.82) is 5.41 Å². The number of rotatable bonds is 5. The summed E-state index contributed by atoms with van der Waals surface area (Å²) in [6.45, 7) is 4.65. The van der Waals surface area contributed by atoms with Crippen molar-refractivity contribution >= 4 is 50.2 Å². The lowest BCUT2D eigenvalue weighted by molar-refractivity contribution is 0.662. The van der Waals surface area contributed by atoms with Gasteiger partial charge in [0, 0.05) is 28.3 Å². The summed E-state index contributed by atoms with van der Waals surface area (Å²) in [5.41, 5.74) is 12.2. The van der Waals surface area contributed by atoms with Crippen LogP contribution in [0.4, 0.5) is 0 Å². The number of amidine groups is 2. The largest absolute Gasteiger partial charge is 0.282 e. The Labute approximate surface area is 332 Å². The zero-order valence-electron chi connectivity index (χ0n) is 31.9.